The molecule has 0 N–H and O–H groups in total. The summed E-state index contributed by atoms with van der Waals surface area (Å²) < 4.78 is 5.19. The molecule has 0 aliphatic carbocycles. The van der Waals surface area contributed by atoms with Crippen LogP contribution in [0.4, 0.5) is 0 Å². The van der Waals surface area contributed by atoms with Gasteiger partial charge in [-0.25, -0.2) is 0 Å². The van der Waals surface area contributed by atoms with Gasteiger partial charge in [0, 0.05) is 19.0 Å². The van der Waals surface area contributed by atoms with Gasteiger partial charge in [-0.15, -0.1) is 0 Å². The molecule has 1 saturated heterocycles. The highest BCUT2D eigenvalue weighted by Crippen LogP contribution is 2.35. The third-order valence-corrected chi connectivity index (χ3v) is 4.05. The molecule has 4 nitrogen and oxygen atoms in total. The number of hydrogen-bond donors (Lipinski definition) is 0. The second kappa shape index (κ2) is 6.34. The Bertz CT molecular complexity index is 561. The Balaban J connectivity index is 2.26. The highest BCUT2D eigenvalue weighted by Gasteiger charge is 2.28. The number of methoxy groups -OCH3 is 1. The molecule has 1 heterocycles. The second-order valence-corrected chi connectivity index (χ2v) is 5.45. The SMILES string of the molecule is COc1c(Cl)ccc(Cl)c1C(=O)N1CCC(C#N)CC1. The fourth-order valence-corrected chi connectivity index (χ4v) is 2.77. The number of nitrogens with zero attached hydrogens (tertiary/aromatic N) is 2. The zero-order valence-electron chi connectivity index (χ0n) is 11.0. The van der Waals surface area contributed by atoms with Crippen LogP contribution in [-0.2, 0) is 0 Å². The smallest absolute Gasteiger partial charge is 0.259 e. The molecule has 1 aromatic carbocycles. The van der Waals surface area contributed by atoms with Crippen LogP contribution in [0, 0.1) is 17.2 Å². The normalized spacial score (nSPS) is 15.8. The van der Waals surface area contributed by atoms with Crippen molar-refractivity contribution in [3.8, 4) is 11.8 Å². The maximum absolute atomic E-state index is 12.6. The fourth-order valence-electron chi connectivity index (χ4n) is 2.30. The molecule has 0 radical (unpaired) electrons. The summed E-state index contributed by atoms with van der Waals surface area (Å²) in [6, 6.07) is 5.42. The molecule has 1 aliphatic rings. The quantitative estimate of drug-likeness (QED) is 0.841. The summed E-state index contributed by atoms with van der Waals surface area (Å²) in [5, 5.41) is 9.56. The molecule has 106 valence electrons. The van der Waals surface area contributed by atoms with E-state index in [-0.39, 0.29) is 17.4 Å². The zero-order chi connectivity index (χ0) is 14.7. The number of likely N-dealkylation sites (tertiary alicyclic amines) is 1. The molecule has 0 atom stereocenters. The number of amides is 1. The number of benzene rings is 1. The minimum atomic E-state index is -0.203. The second-order valence-electron chi connectivity index (χ2n) is 4.63. The number of halogens is 2. The minimum Gasteiger partial charge on any atom is -0.494 e. The maximum atomic E-state index is 12.6. The average molecular weight is 313 g/mol. The Labute approximate surface area is 127 Å². The van der Waals surface area contributed by atoms with E-state index in [1.807, 2.05) is 0 Å². The van der Waals surface area contributed by atoms with E-state index in [1.54, 1.807) is 17.0 Å². The monoisotopic (exact) mass is 312 g/mol. The van der Waals surface area contributed by atoms with Crippen LogP contribution in [0.15, 0.2) is 12.1 Å². The summed E-state index contributed by atoms with van der Waals surface area (Å²) >= 11 is 12.1. The fraction of sp³-hybridized carbons (Fsp3) is 0.429. The van der Waals surface area contributed by atoms with E-state index in [2.05, 4.69) is 6.07 Å². The lowest BCUT2D eigenvalue weighted by molar-refractivity contribution is 0.0704. The van der Waals surface area contributed by atoms with Crippen LogP contribution in [0.25, 0.3) is 0 Å². The predicted molar refractivity (Wildman–Crippen MR) is 77.3 cm³/mol. The molecule has 0 saturated carbocycles. The van der Waals surface area contributed by atoms with Gasteiger partial charge in [-0.1, -0.05) is 23.2 Å². The third kappa shape index (κ3) is 2.84. The van der Waals surface area contributed by atoms with Crippen molar-refractivity contribution < 1.29 is 9.53 Å². The summed E-state index contributed by atoms with van der Waals surface area (Å²) in [5.41, 5.74) is 0.289. The van der Waals surface area contributed by atoms with E-state index < -0.39 is 0 Å². The number of carbonyl (C=O) groups excluding carboxylic acids is 1. The Morgan fingerprint density at radius 3 is 2.50 bits per heavy atom. The molecule has 1 aromatic rings. The van der Waals surface area contributed by atoms with Gasteiger partial charge in [0.25, 0.3) is 5.91 Å². The maximum Gasteiger partial charge on any atom is 0.259 e. The molecule has 0 unspecified atom stereocenters. The van der Waals surface area contributed by atoms with Crippen molar-refractivity contribution in [1.29, 1.82) is 5.26 Å². The molecule has 1 amide bonds. The lowest BCUT2D eigenvalue weighted by Gasteiger charge is -2.30. The summed E-state index contributed by atoms with van der Waals surface area (Å²) in [7, 11) is 1.45. The third-order valence-electron chi connectivity index (χ3n) is 3.44. The minimum absolute atomic E-state index is 0.0239. The van der Waals surface area contributed by atoms with Crippen LogP contribution in [0.1, 0.15) is 23.2 Å². The first kappa shape index (κ1) is 15.0. The molecular formula is C14H14Cl2N2O2. The van der Waals surface area contributed by atoms with Crippen LogP contribution in [-0.4, -0.2) is 31.0 Å². The first-order valence-electron chi connectivity index (χ1n) is 6.29. The van der Waals surface area contributed by atoms with Crippen LogP contribution in [0.2, 0.25) is 10.0 Å². The van der Waals surface area contributed by atoms with Crippen LogP contribution >= 0.6 is 23.2 Å². The van der Waals surface area contributed by atoms with Crippen molar-refractivity contribution in [2.45, 2.75) is 12.8 Å². The van der Waals surface area contributed by atoms with E-state index in [4.69, 9.17) is 33.2 Å². The Morgan fingerprint density at radius 1 is 1.35 bits per heavy atom. The average Bonchev–Trinajstić information content (AvgIpc) is 2.48. The largest absolute Gasteiger partial charge is 0.494 e. The van der Waals surface area contributed by atoms with E-state index in [0.29, 0.717) is 41.7 Å². The predicted octanol–water partition coefficient (Wildman–Crippen LogP) is 3.38. The number of nitriles is 1. The summed E-state index contributed by atoms with van der Waals surface area (Å²) in [5.74, 6) is 0.119. The van der Waals surface area contributed by atoms with E-state index in [0.717, 1.165) is 0 Å². The highest BCUT2D eigenvalue weighted by atomic mass is 35.5. The standard InChI is InChI=1S/C14H14Cl2N2O2/c1-20-13-11(16)3-2-10(15)12(13)14(19)18-6-4-9(8-17)5-7-18/h2-3,9H,4-7H2,1H3. The summed E-state index contributed by atoms with van der Waals surface area (Å²) in [6.45, 7) is 1.09. The van der Waals surface area contributed by atoms with Gasteiger partial charge in [-0.05, 0) is 25.0 Å². The van der Waals surface area contributed by atoms with Crippen molar-refractivity contribution in [3.05, 3.63) is 27.7 Å². The van der Waals surface area contributed by atoms with Crippen molar-refractivity contribution in [1.82, 2.24) is 4.90 Å². The first-order chi connectivity index (χ1) is 9.58. The first-order valence-corrected chi connectivity index (χ1v) is 7.05. The van der Waals surface area contributed by atoms with Crippen LogP contribution in [0.3, 0.4) is 0 Å². The topological polar surface area (TPSA) is 53.3 Å². The number of rotatable bonds is 2. The Kier molecular flexibility index (Phi) is 4.74. The molecule has 0 bridgehead atoms. The molecule has 1 aliphatic heterocycles. The molecular weight excluding hydrogens is 299 g/mol. The molecule has 1 fully saturated rings. The van der Waals surface area contributed by atoms with E-state index >= 15 is 0 Å². The van der Waals surface area contributed by atoms with Crippen molar-refractivity contribution in [2.75, 3.05) is 20.2 Å². The van der Waals surface area contributed by atoms with Gasteiger partial charge < -0.3 is 9.64 Å². The number of piperidine rings is 1. The number of carbonyl (C=O) groups is 1. The van der Waals surface area contributed by atoms with E-state index in [1.165, 1.54) is 7.11 Å². The molecule has 0 spiro atoms. The van der Waals surface area contributed by atoms with Gasteiger partial charge in [0.1, 0.15) is 5.56 Å². The van der Waals surface area contributed by atoms with Crippen molar-refractivity contribution in [2.24, 2.45) is 5.92 Å². The van der Waals surface area contributed by atoms with Gasteiger partial charge in [-0.3, -0.25) is 4.79 Å². The van der Waals surface area contributed by atoms with Gasteiger partial charge in [0.05, 0.1) is 23.2 Å². The lowest BCUT2D eigenvalue weighted by Crippen LogP contribution is -2.38. The van der Waals surface area contributed by atoms with Gasteiger partial charge in [-0.2, -0.15) is 5.26 Å². The van der Waals surface area contributed by atoms with Gasteiger partial charge >= 0.3 is 0 Å². The lowest BCUT2D eigenvalue weighted by atomic mass is 9.98. The van der Waals surface area contributed by atoms with Crippen LogP contribution < -0.4 is 4.74 Å². The number of ether oxygens (including phenoxy) is 1. The molecule has 6 heteroatoms. The zero-order valence-corrected chi connectivity index (χ0v) is 12.5. The molecule has 2 rings (SSSR count). The summed E-state index contributed by atoms with van der Waals surface area (Å²) in [6.07, 6.45) is 1.37. The molecule has 20 heavy (non-hydrogen) atoms. The van der Waals surface area contributed by atoms with Crippen molar-refractivity contribution >= 4 is 29.1 Å². The molecule has 0 aromatic heterocycles. The van der Waals surface area contributed by atoms with Gasteiger partial charge in [0.15, 0.2) is 5.75 Å². The Hall–Kier alpha value is -1.44. The Morgan fingerprint density at radius 2 is 1.95 bits per heavy atom. The number of hydrogen-bond acceptors (Lipinski definition) is 3. The van der Waals surface area contributed by atoms with E-state index in [9.17, 15) is 4.79 Å². The highest BCUT2D eigenvalue weighted by molar-refractivity contribution is 6.37. The summed E-state index contributed by atoms with van der Waals surface area (Å²) in [4.78, 5) is 14.3. The van der Waals surface area contributed by atoms with Crippen LogP contribution in [0.5, 0.6) is 5.75 Å². The van der Waals surface area contributed by atoms with Crippen molar-refractivity contribution in [3.63, 3.8) is 0 Å². The van der Waals surface area contributed by atoms with Gasteiger partial charge in [0.2, 0.25) is 0 Å².